The van der Waals surface area contributed by atoms with Gasteiger partial charge in [-0.15, -0.1) is 0 Å². The number of aromatic nitrogens is 3. The van der Waals surface area contributed by atoms with E-state index < -0.39 is 0 Å². The summed E-state index contributed by atoms with van der Waals surface area (Å²) in [5, 5.41) is 11.7. The smallest absolute Gasteiger partial charge is 0.269 e. The highest BCUT2D eigenvalue weighted by Gasteiger charge is 2.17. The van der Waals surface area contributed by atoms with E-state index in [1.54, 1.807) is 51.1 Å². The number of pyridine rings is 2. The summed E-state index contributed by atoms with van der Waals surface area (Å²) in [6.07, 6.45) is 9.39. The van der Waals surface area contributed by atoms with Gasteiger partial charge >= 0.3 is 0 Å². The number of ether oxygens (including phenoxy) is 1. The molecule has 0 atom stereocenters. The second-order valence-corrected chi connectivity index (χ2v) is 8.69. The second kappa shape index (κ2) is 11.5. The number of carbonyl (C=O) groups is 1. The maximum absolute atomic E-state index is 11.8. The Kier molecular flexibility index (Phi) is 7.93. The summed E-state index contributed by atoms with van der Waals surface area (Å²) < 4.78 is 7.50. The minimum atomic E-state index is -0.244. The Balaban J connectivity index is 0.000000375. The van der Waals surface area contributed by atoms with Gasteiger partial charge in [0.15, 0.2) is 0 Å². The molecule has 3 aromatic heterocycles. The van der Waals surface area contributed by atoms with E-state index in [0.717, 1.165) is 27.9 Å². The van der Waals surface area contributed by atoms with Crippen LogP contribution in [0.15, 0.2) is 61.2 Å². The highest BCUT2D eigenvalue weighted by atomic mass is 16.5. The van der Waals surface area contributed by atoms with Crippen LogP contribution in [0.1, 0.15) is 35.3 Å². The van der Waals surface area contributed by atoms with Crippen LogP contribution in [0.25, 0.3) is 27.9 Å². The first-order valence-electron chi connectivity index (χ1n) is 12.0. The van der Waals surface area contributed by atoms with E-state index in [4.69, 9.17) is 10.00 Å². The lowest BCUT2D eigenvalue weighted by Gasteiger charge is -2.20. The van der Waals surface area contributed by atoms with E-state index in [-0.39, 0.29) is 5.91 Å². The SMILES string of the molecule is CN1CCCCC1.CNC(=O)c1ccc(-c2c(-c3ccc(C#N)cc3)cc(OC)c3cncn23)cn1. The van der Waals surface area contributed by atoms with Crippen molar-refractivity contribution in [2.45, 2.75) is 19.3 Å². The maximum Gasteiger partial charge on any atom is 0.269 e. The highest BCUT2D eigenvalue weighted by Crippen LogP contribution is 2.37. The van der Waals surface area contributed by atoms with Crippen molar-refractivity contribution in [3.05, 3.63) is 72.4 Å². The Labute approximate surface area is 211 Å². The van der Waals surface area contributed by atoms with Crippen LogP contribution in [-0.4, -0.2) is 59.5 Å². The van der Waals surface area contributed by atoms with E-state index in [1.807, 2.05) is 28.7 Å². The summed E-state index contributed by atoms with van der Waals surface area (Å²) in [4.78, 5) is 22.8. The van der Waals surface area contributed by atoms with Crippen molar-refractivity contribution in [1.29, 1.82) is 5.26 Å². The molecule has 1 N–H and O–H groups in total. The molecule has 0 aliphatic carbocycles. The molecule has 5 rings (SSSR count). The number of likely N-dealkylation sites (tertiary alicyclic amines) is 1. The number of amides is 1. The van der Waals surface area contributed by atoms with Gasteiger partial charge in [0.2, 0.25) is 0 Å². The summed E-state index contributed by atoms with van der Waals surface area (Å²) >= 11 is 0. The van der Waals surface area contributed by atoms with Gasteiger partial charge in [0.25, 0.3) is 5.91 Å². The minimum absolute atomic E-state index is 0.244. The van der Waals surface area contributed by atoms with Crippen LogP contribution in [-0.2, 0) is 0 Å². The lowest BCUT2D eigenvalue weighted by Crippen LogP contribution is -2.24. The predicted molar refractivity (Wildman–Crippen MR) is 140 cm³/mol. The predicted octanol–water partition coefficient (Wildman–Crippen LogP) is 4.41. The average molecular weight is 483 g/mol. The number of nitrogens with one attached hydrogen (secondary N) is 1. The van der Waals surface area contributed by atoms with E-state index in [0.29, 0.717) is 17.0 Å². The summed E-state index contributed by atoms with van der Waals surface area (Å²) in [5.74, 6) is 0.437. The molecule has 36 heavy (non-hydrogen) atoms. The zero-order chi connectivity index (χ0) is 25.5. The molecular weight excluding hydrogens is 452 g/mol. The molecule has 184 valence electrons. The van der Waals surface area contributed by atoms with Crippen LogP contribution in [0.5, 0.6) is 5.75 Å². The molecule has 4 heterocycles. The van der Waals surface area contributed by atoms with Gasteiger partial charge in [-0.1, -0.05) is 18.6 Å². The molecule has 8 nitrogen and oxygen atoms in total. The van der Waals surface area contributed by atoms with Crippen molar-refractivity contribution in [1.82, 2.24) is 24.6 Å². The van der Waals surface area contributed by atoms with Gasteiger partial charge in [-0.2, -0.15) is 5.26 Å². The van der Waals surface area contributed by atoms with E-state index in [1.165, 1.54) is 32.4 Å². The molecule has 0 saturated carbocycles. The monoisotopic (exact) mass is 482 g/mol. The van der Waals surface area contributed by atoms with Crippen LogP contribution >= 0.6 is 0 Å². The van der Waals surface area contributed by atoms with Crippen molar-refractivity contribution >= 4 is 11.4 Å². The van der Waals surface area contributed by atoms with Gasteiger partial charge in [-0.05, 0) is 68.9 Å². The Morgan fingerprint density at radius 1 is 1.06 bits per heavy atom. The lowest BCUT2D eigenvalue weighted by molar-refractivity contribution is 0.0958. The molecule has 1 aliphatic heterocycles. The van der Waals surface area contributed by atoms with Crippen LogP contribution in [0.2, 0.25) is 0 Å². The third-order valence-corrected chi connectivity index (χ3v) is 6.28. The summed E-state index contributed by atoms with van der Waals surface area (Å²) in [5.41, 5.74) is 5.24. The van der Waals surface area contributed by atoms with E-state index >= 15 is 0 Å². The fraction of sp³-hybridized carbons (Fsp3) is 0.286. The van der Waals surface area contributed by atoms with Gasteiger partial charge in [0, 0.05) is 24.4 Å². The van der Waals surface area contributed by atoms with E-state index in [2.05, 4.69) is 33.3 Å². The number of hydrogen-bond acceptors (Lipinski definition) is 6. The number of carbonyl (C=O) groups excluding carboxylic acids is 1. The zero-order valence-corrected chi connectivity index (χ0v) is 20.9. The number of methoxy groups -OCH3 is 1. The van der Waals surface area contributed by atoms with Crippen molar-refractivity contribution < 1.29 is 9.53 Å². The Bertz CT molecular complexity index is 1360. The number of rotatable bonds is 4. The maximum atomic E-state index is 11.8. The van der Waals surface area contributed by atoms with Crippen LogP contribution < -0.4 is 10.1 Å². The molecule has 1 aliphatic rings. The topological polar surface area (TPSA) is 95.5 Å². The fourth-order valence-corrected chi connectivity index (χ4v) is 4.31. The van der Waals surface area contributed by atoms with Gasteiger partial charge < -0.3 is 15.0 Å². The van der Waals surface area contributed by atoms with Gasteiger partial charge in [0.1, 0.15) is 17.0 Å². The highest BCUT2D eigenvalue weighted by molar-refractivity contribution is 5.93. The number of fused-ring (bicyclic) bond motifs is 1. The van der Waals surface area contributed by atoms with Gasteiger partial charge in [-0.25, -0.2) is 4.98 Å². The third kappa shape index (κ3) is 5.37. The van der Waals surface area contributed by atoms with Crippen molar-refractivity contribution in [2.75, 3.05) is 34.3 Å². The number of imidazole rings is 1. The number of piperidine rings is 1. The first-order valence-corrected chi connectivity index (χ1v) is 12.0. The number of nitrogens with zero attached hydrogens (tertiary/aromatic N) is 5. The molecule has 8 heteroatoms. The van der Waals surface area contributed by atoms with Crippen LogP contribution in [0, 0.1) is 11.3 Å². The molecular formula is C28H30N6O2. The van der Waals surface area contributed by atoms with Crippen molar-refractivity contribution in [3.63, 3.8) is 0 Å². The number of benzene rings is 1. The summed E-state index contributed by atoms with van der Waals surface area (Å²) in [6.45, 7) is 2.64. The largest absolute Gasteiger partial charge is 0.494 e. The second-order valence-electron chi connectivity index (χ2n) is 8.69. The molecule has 0 bridgehead atoms. The van der Waals surface area contributed by atoms with Gasteiger partial charge in [0.05, 0.1) is 37.0 Å². The summed E-state index contributed by atoms with van der Waals surface area (Å²) in [6, 6.07) is 15.0. The minimum Gasteiger partial charge on any atom is -0.494 e. The van der Waals surface area contributed by atoms with Crippen molar-refractivity contribution in [2.24, 2.45) is 0 Å². The summed E-state index contributed by atoms with van der Waals surface area (Å²) in [7, 11) is 5.38. The molecule has 1 saturated heterocycles. The molecule has 0 spiro atoms. The van der Waals surface area contributed by atoms with E-state index in [9.17, 15) is 4.79 Å². The Morgan fingerprint density at radius 3 is 2.33 bits per heavy atom. The number of hydrogen-bond donors (Lipinski definition) is 1. The fourth-order valence-electron chi connectivity index (χ4n) is 4.31. The standard InChI is InChI=1S/C22H17N5O2.C6H13N/c1-24-22(28)18-8-7-16(11-26-18)21-17(15-5-3-14(10-23)4-6-15)9-20(29-2)19-12-25-13-27(19)21;1-7-5-3-2-4-6-7/h3-9,11-13H,1-2H3,(H,24,28);2-6H2,1H3. The molecule has 1 amide bonds. The average Bonchev–Trinajstić information content (AvgIpc) is 3.43. The molecule has 0 unspecified atom stereocenters. The first kappa shape index (κ1) is 24.9. The first-order chi connectivity index (χ1) is 17.5. The van der Waals surface area contributed by atoms with Crippen LogP contribution in [0.4, 0.5) is 0 Å². The van der Waals surface area contributed by atoms with Crippen LogP contribution in [0.3, 0.4) is 0 Å². The van der Waals surface area contributed by atoms with Crippen molar-refractivity contribution in [3.8, 4) is 34.2 Å². The van der Waals surface area contributed by atoms with Gasteiger partial charge in [-0.3, -0.25) is 14.2 Å². The Hall–Kier alpha value is -4.22. The quantitative estimate of drug-likeness (QED) is 0.463. The molecule has 4 aromatic rings. The normalized spacial score (nSPS) is 13.4. The third-order valence-electron chi connectivity index (χ3n) is 6.28. The Morgan fingerprint density at radius 2 is 1.78 bits per heavy atom. The molecule has 1 fully saturated rings. The lowest BCUT2D eigenvalue weighted by atomic mass is 9.98. The zero-order valence-electron chi connectivity index (χ0n) is 20.9. The molecule has 1 aromatic carbocycles. The molecule has 0 radical (unpaired) electrons. The number of nitriles is 1.